The molecule has 1 unspecified atom stereocenters. The van der Waals surface area contributed by atoms with Crippen molar-refractivity contribution in [3.8, 4) is 22.9 Å². The molecule has 1 aromatic carbocycles. The van der Waals surface area contributed by atoms with Crippen LogP contribution in [0.15, 0.2) is 47.2 Å². The lowest BCUT2D eigenvalue weighted by Gasteiger charge is -2.34. The Bertz CT molecular complexity index is 1140. The van der Waals surface area contributed by atoms with E-state index in [4.69, 9.17) is 9.47 Å². The lowest BCUT2D eigenvalue weighted by atomic mass is 9.99. The van der Waals surface area contributed by atoms with Gasteiger partial charge in [0.15, 0.2) is 11.5 Å². The number of thiophene rings is 2. The van der Waals surface area contributed by atoms with E-state index in [1.54, 1.807) is 30.4 Å². The van der Waals surface area contributed by atoms with Crippen LogP contribution >= 0.6 is 22.7 Å². The molecule has 5 rings (SSSR count). The first-order valence-corrected chi connectivity index (χ1v) is 11.4. The second kappa shape index (κ2) is 8.17. The van der Waals surface area contributed by atoms with Crippen LogP contribution in [0.5, 0.6) is 11.5 Å². The maximum absolute atomic E-state index is 5.39. The first-order chi connectivity index (χ1) is 14.8. The summed E-state index contributed by atoms with van der Waals surface area (Å²) in [5.41, 5.74) is 2.24. The molecule has 7 nitrogen and oxygen atoms in total. The van der Waals surface area contributed by atoms with Crippen LogP contribution in [0, 0.1) is 0 Å². The Labute approximate surface area is 182 Å². The lowest BCUT2D eigenvalue weighted by molar-refractivity contribution is 0.148. The summed E-state index contributed by atoms with van der Waals surface area (Å²) in [4.78, 5) is 6.90. The summed E-state index contributed by atoms with van der Waals surface area (Å²) in [6.45, 7) is 1.54. The van der Waals surface area contributed by atoms with Gasteiger partial charge < -0.3 is 9.47 Å². The molecular weight excluding hydrogens is 418 g/mol. The average molecular weight is 440 g/mol. The molecule has 30 heavy (non-hydrogen) atoms. The molecule has 0 aliphatic carbocycles. The van der Waals surface area contributed by atoms with E-state index in [1.807, 2.05) is 29.5 Å². The molecule has 154 valence electrons. The van der Waals surface area contributed by atoms with Gasteiger partial charge in [-0.2, -0.15) is 0 Å². The maximum Gasteiger partial charge on any atom is 0.205 e. The quantitative estimate of drug-likeness (QED) is 0.451. The number of fused-ring (bicyclic) bond motifs is 1. The van der Waals surface area contributed by atoms with Crippen LogP contribution < -0.4 is 9.47 Å². The predicted octanol–water partition coefficient (Wildman–Crippen LogP) is 4.09. The molecule has 0 fully saturated rings. The fourth-order valence-electron chi connectivity index (χ4n) is 3.86. The molecule has 1 atom stereocenters. The lowest BCUT2D eigenvalue weighted by Crippen LogP contribution is -2.37. The van der Waals surface area contributed by atoms with Crippen LogP contribution in [0.25, 0.3) is 11.4 Å². The minimum Gasteiger partial charge on any atom is -0.493 e. The number of nitrogens with zero attached hydrogens (tertiary/aromatic N) is 5. The average Bonchev–Trinajstić information content (AvgIpc) is 3.54. The standard InChI is InChI=1S/C21H21N5O2S2/c1-27-16-6-5-14(12-17(16)28-2)21-22-24-26(23-21)13-25-9-7-18-15(8-11-30-18)20(25)19-4-3-10-29-19/h3-6,8,10-12,20H,7,9,13H2,1-2H3. The summed E-state index contributed by atoms with van der Waals surface area (Å²) in [6.07, 6.45) is 1.05. The van der Waals surface area contributed by atoms with Gasteiger partial charge in [0.1, 0.15) is 6.67 Å². The van der Waals surface area contributed by atoms with E-state index in [1.165, 1.54) is 15.3 Å². The second-order valence-corrected chi connectivity index (χ2v) is 8.96. The van der Waals surface area contributed by atoms with Crippen molar-refractivity contribution >= 4 is 22.7 Å². The highest BCUT2D eigenvalue weighted by atomic mass is 32.1. The van der Waals surface area contributed by atoms with Crippen molar-refractivity contribution in [2.45, 2.75) is 19.1 Å². The zero-order chi connectivity index (χ0) is 20.5. The number of ether oxygens (including phenoxy) is 2. The van der Waals surface area contributed by atoms with Crippen molar-refractivity contribution in [3.63, 3.8) is 0 Å². The predicted molar refractivity (Wildman–Crippen MR) is 117 cm³/mol. The van der Waals surface area contributed by atoms with Gasteiger partial charge in [-0.1, -0.05) is 6.07 Å². The molecular formula is C21H21N5O2S2. The molecule has 0 saturated heterocycles. The zero-order valence-corrected chi connectivity index (χ0v) is 18.3. The van der Waals surface area contributed by atoms with Gasteiger partial charge >= 0.3 is 0 Å². The van der Waals surface area contributed by atoms with E-state index in [2.05, 4.69) is 49.3 Å². The van der Waals surface area contributed by atoms with E-state index >= 15 is 0 Å². The zero-order valence-electron chi connectivity index (χ0n) is 16.7. The monoisotopic (exact) mass is 439 g/mol. The third-order valence-corrected chi connectivity index (χ3v) is 7.20. The van der Waals surface area contributed by atoms with Gasteiger partial charge in [-0.05, 0) is 58.3 Å². The Morgan fingerprint density at radius 2 is 1.97 bits per heavy atom. The number of benzene rings is 1. The third kappa shape index (κ3) is 3.49. The second-order valence-electron chi connectivity index (χ2n) is 6.98. The maximum atomic E-state index is 5.39. The van der Waals surface area contributed by atoms with Gasteiger partial charge in [-0.15, -0.1) is 37.7 Å². The topological polar surface area (TPSA) is 65.3 Å². The van der Waals surface area contributed by atoms with Crippen molar-refractivity contribution < 1.29 is 9.47 Å². The minimum atomic E-state index is 0.232. The molecule has 1 aliphatic rings. The van der Waals surface area contributed by atoms with E-state index in [-0.39, 0.29) is 6.04 Å². The van der Waals surface area contributed by atoms with Crippen molar-refractivity contribution in [1.29, 1.82) is 0 Å². The molecule has 3 aromatic heterocycles. The Morgan fingerprint density at radius 3 is 2.77 bits per heavy atom. The largest absolute Gasteiger partial charge is 0.493 e. The summed E-state index contributed by atoms with van der Waals surface area (Å²) in [6, 6.07) is 12.4. The molecule has 0 spiro atoms. The number of aromatic nitrogens is 4. The number of rotatable bonds is 6. The summed E-state index contributed by atoms with van der Waals surface area (Å²) in [5, 5.41) is 17.5. The fraction of sp³-hybridized carbons (Fsp3) is 0.286. The smallest absolute Gasteiger partial charge is 0.205 e. The molecule has 0 saturated carbocycles. The summed E-state index contributed by atoms with van der Waals surface area (Å²) in [7, 11) is 3.24. The van der Waals surface area contributed by atoms with Crippen molar-refractivity contribution in [2.75, 3.05) is 20.8 Å². The summed E-state index contributed by atoms with van der Waals surface area (Å²) in [5.74, 6) is 1.88. The Morgan fingerprint density at radius 1 is 1.07 bits per heavy atom. The van der Waals surface area contributed by atoms with E-state index in [0.29, 0.717) is 24.0 Å². The third-order valence-electron chi connectivity index (χ3n) is 5.28. The van der Waals surface area contributed by atoms with E-state index in [0.717, 1.165) is 18.5 Å². The molecule has 4 heterocycles. The molecule has 0 radical (unpaired) electrons. The molecule has 0 bridgehead atoms. The van der Waals surface area contributed by atoms with Gasteiger partial charge in [-0.3, -0.25) is 4.90 Å². The van der Waals surface area contributed by atoms with Crippen molar-refractivity contribution in [1.82, 2.24) is 25.1 Å². The Balaban J connectivity index is 1.41. The highest BCUT2D eigenvalue weighted by molar-refractivity contribution is 7.10. The van der Waals surface area contributed by atoms with E-state index < -0.39 is 0 Å². The van der Waals surface area contributed by atoms with Gasteiger partial charge in [0.2, 0.25) is 5.82 Å². The first kappa shape index (κ1) is 19.2. The highest BCUT2D eigenvalue weighted by Crippen LogP contribution is 2.39. The van der Waals surface area contributed by atoms with Gasteiger partial charge in [0.05, 0.1) is 20.3 Å². The fourth-order valence-corrected chi connectivity index (χ4v) is 5.64. The highest BCUT2D eigenvalue weighted by Gasteiger charge is 2.31. The summed E-state index contributed by atoms with van der Waals surface area (Å²) >= 11 is 3.64. The van der Waals surface area contributed by atoms with Crippen LogP contribution in [-0.4, -0.2) is 45.9 Å². The van der Waals surface area contributed by atoms with Crippen LogP contribution in [0.3, 0.4) is 0 Å². The Hall–Kier alpha value is -2.75. The summed E-state index contributed by atoms with van der Waals surface area (Å²) < 4.78 is 10.7. The SMILES string of the molecule is COc1ccc(-c2nnn(CN3CCc4sccc4C3c3cccs3)n2)cc1OC. The molecule has 0 amide bonds. The van der Waals surface area contributed by atoms with Crippen molar-refractivity contribution in [3.05, 3.63) is 62.5 Å². The number of methoxy groups -OCH3 is 2. The van der Waals surface area contributed by atoms with Crippen LogP contribution in [0.1, 0.15) is 21.4 Å². The minimum absolute atomic E-state index is 0.232. The van der Waals surface area contributed by atoms with Gasteiger partial charge in [0.25, 0.3) is 0 Å². The molecule has 9 heteroatoms. The Kier molecular flexibility index (Phi) is 5.24. The van der Waals surface area contributed by atoms with Crippen molar-refractivity contribution in [2.24, 2.45) is 0 Å². The molecule has 0 N–H and O–H groups in total. The molecule has 1 aliphatic heterocycles. The first-order valence-electron chi connectivity index (χ1n) is 9.60. The number of tetrazole rings is 1. The van der Waals surface area contributed by atoms with Crippen LogP contribution in [0.4, 0.5) is 0 Å². The number of hydrogen-bond acceptors (Lipinski definition) is 8. The number of hydrogen-bond donors (Lipinski definition) is 0. The van der Waals surface area contributed by atoms with Crippen LogP contribution in [0.2, 0.25) is 0 Å². The van der Waals surface area contributed by atoms with Gasteiger partial charge in [0, 0.05) is 21.9 Å². The van der Waals surface area contributed by atoms with Gasteiger partial charge in [-0.25, -0.2) is 0 Å². The normalized spacial score (nSPS) is 16.4. The van der Waals surface area contributed by atoms with E-state index in [9.17, 15) is 0 Å². The molecule has 4 aromatic rings. The van der Waals surface area contributed by atoms with Crippen LogP contribution in [-0.2, 0) is 13.1 Å².